The molecule has 4 N–H and O–H groups in total. The van der Waals surface area contributed by atoms with Crippen LogP contribution >= 0.6 is 22.9 Å². The number of carbonyl (C=O) groups is 5. The SMILES string of the molecule is CC(C)(C)OC(=O)N[C@H]1CCCCC/C=C\[C@@H]2C[C@@]2(C(=O)NS(=O)(=O)C2CC2)NC(=O)[C@@H]2C[C@@H](NC(=O)c3csc(-c4ccccc4Cl)n3)CN2C1=O. The second-order valence-electron chi connectivity index (χ2n) is 15.1. The number of fused-ring (bicyclic) bond motifs is 2. The fraction of sp³-hybridized carbons (Fsp3) is 0.556. The number of amides is 5. The van der Waals surface area contributed by atoms with Gasteiger partial charge in [-0.1, -0.05) is 54.8 Å². The molecule has 0 spiro atoms. The van der Waals surface area contributed by atoms with Gasteiger partial charge in [-0.25, -0.2) is 18.2 Å². The fourth-order valence-corrected chi connectivity index (χ4v) is 9.23. The van der Waals surface area contributed by atoms with Gasteiger partial charge in [-0.3, -0.25) is 23.9 Å². The highest BCUT2D eigenvalue weighted by molar-refractivity contribution is 7.91. The van der Waals surface area contributed by atoms with Crippen molar-refractivity contribution in [1.29, 1.82) is 0 Å². The van der Waals surface area contributed by atoms with Gasteiger partial charge < -0.3 is 25.6 Å². The minimum absolute atomic E-state index is 0.0114. The third-order valence-corrected chi connectivity index (χ3v) is 12.8. The number of nitrogens with zero attached hydrogens (tertiary/aromatic N) is 2. The number of aromatic nitrogens is 1. The fourth-order valence-electron chi connectivity index (χ4n) is 6.75. The summed E-state index contributed by atoms with van der Waals surface area (Å²) in [5, 5.41) is 10.4. The Morgan fingerprint density at radius 1 is 1.08 bits per heavy atom. The molecule has 5 amide bonds. The van der Waals surface area contributed by atoms with E-state index in [1.165, 1.54) is 16.2 Å². The topological polar surface area (TPSA) is 193 Å². The van der Waals surface area contributed by atoms with E-state index in [-0.39, 0.29) is 31.5 Å². The number of nitrogens with one attached hydrogen (secondary N) is 4. The summed E-state index contributed by atoms with van der Waals surface area (Å²) in [5.41, 5.74) is -1.55. The lowest BCUT2D eigenvalue weighted by atomic mass is 10.0. The smallest absolute Gasteiger partial charge is 0.408 e. The molecule has 5 atom stereocenters. The van der Waals surface area contributed by atoms with E-state index in [4.69, 9.17) is 16.3 Å². The Balaban J connectivity index is 1.26. The van der Waals surface area contributed by atoms with Crippen molar-refractivity contribution in [1.82, 2.24) is 30.6 Å². The van der Waals surface area contributed by atoms with Crippen molar-refractivity contribution >= 4 is 62.7 Å². The maximum Gasteiger partial charge on any atom is 0.408 e. The second kappa shape index (κ2) is 15.4. The minimum Gasteiger partial charge on any atom is -0.444 e. The van der Waals surface area contributed by atoms with Gasteiger partial charge in [0.05, 0.1) is 10.3 Å². The molecule has 0 radical (unpaired) electrons. The molecular weight excluding hydrogens is 744 g/mol. The van der Waals surface area contributed by atoms with Crippen molar-refractivity contribution in [2.24, 2.45) is 5.92 Å². The van der Waals surface area contributed by atoms with Gasteiger partial charge in [0.15, 0.2) is 0 Å². The van der Waals surface area contributed by atoms with E-state index >= 15 is 0 Å². The molecule has 2 aliphatic carbocycles. The van der Waals surface area contributed by atoms with Crippen LogP contribution in [0.4, 0.5) is 4.79 Å². The van der Waals surface area contributed by atoms with Gasteiger partial charge in [-0.05, 0) is 71.8 Å². The Morgan fingerprint density at radius 2 is 1.83 bits per heavy atom. The zero-order valence-electron chi connectivity index (χ0n) is 29.9. The number of allylic oxidation sites excluding steroid dienone is 1. The lowest BCUT2D eigenvalue weighted by Gasteiger charge is -2.30. The van der Waals surface area contributed by atoms with Crippen LogP contribution in [-0.2, 0) is 29.1 Å². The van der Waals surface area contributed by atoms with Crippen LogP contribution in [-0.4, -0.2) is 89.1 Å². The Bertz CT molecular complexity index is 1910. The zero-order valence-corrected chi connectivity index (χ0v) is 32.2. The summed E-state index contributed by atoms with van der Waals surface area (Å²) < 4.78 is 33.2. The van der Waals surface area contributed by atoms with E-state index in [0.717, 1.165) is 12.8 Å². The Morgan fingerprint density at radius 3 is 2.55 bits per heavy atom. The van der Waals surface area contributed by atoms with Gasteiger partial charge in [-0.15, -0.1) is 11.3 Å². The van der Waals surface area contributed by atoms with Crippen LogP contribution in [0.3, 0.4) is 0 Å². The summed E-state index contributed by atoms with van der Waals surface area (Å²) in [6, 6.07) is 4.22. The maximum atomic E-state index is 14.3. The predicted molar refractivity (Wildman–Crippen MR) is 198 cm³/mol. The van der Waals surface area contributed by atoms with E-state index in [0.29, 0.717) is 41.3 Å². The van der Waals surface area contributed by atoms with Gasteiger partial charge in [0.25, 0.3) is 11.8 Å². The highest BCUT2D eigenvalue weighted by Crippen LogP contribution is 2.46. The molecule has 6 rings (SSSR count). The molecule has 2 aromatic rings. The summed E-state index contributed by atoms with van der Waals surface area (Å²) in [5.74, 6) is -3.01. The number of alkyl carbamates (subject to hydrolysis) is 1. The third kappa shape index (κ3) is 9.20. The first-order chi connectivity index (χ1) is 25.1. The number of halogens is 1. The van der Waals surface area contributed by atoms with Crippen molar-refractivity contribution < 1.29 is 37.1 Å². The van der Waals surface area contributed by atoms with Gasteiger partial charge in [0.2, 0.25) is 21.8 Å². The summed E-state index contributed by atoms with van der Waals surface area (Å²) in [6.45, 7) is 5.05. The Hall–Kier alpha value is -4.02. The van der Waals surface area contributed by atoms with Crippen LogP contribution in [0.25, 0.3) is 10.6 Å². The van der Waals surface area contributed by atoms with E-state index in [1.54, 1.807) is 44.4 Å². The number of ether oxygens (including phenoxy) is 1. The van der Waals surface area contributed by atoms with E-state index in [9.17, 15) is 32.4 Å². The Labute approximate surface area is 317 Å². The van der Waals surface area contributed by atoms with Crippen molar-refractivity contribution in [2.45, 2.75) is 113 Å². The monoisotopic (exact) mass is 788 g/mol. The number of hydrogen-bond donors (Lipinski definition) is 4. The molecule has 1 aromatic carbocycles. The first-order valence-electron chi connectivity index (χ1n) is 17.9. The van der Waals surface area contributed by atoms with Gasteiger partial charge in [0, 0.05) is 29.4 Å². The zero-order chi connectivity index (χ0) is 38.1. The minimum atomic E-state index is -3.91. The van der Waals surface area contributed by atoms with Crippen molar-refractivity contribution in [3.63, 3.8) is 0 Å². The molecule has 3 heterocycles. The largest absolute Gasteiger partial charge is 0.444 e. The standard InChI is InChI=1S/C36H45ClN6O8S2/c1-35(2,3)51-34(48)40-26-14-8-6-4-5-7-11-21-18-36(21,33(47)42-53(49,50)23-15-16-23)41-30(45)28-17-22(19-43(28)32(26)46)38-29(44)27-20-52-31(39-27)24-12-9-10-13-25(24)37/h7,9-13,20-23,26,28H,4-6,8,14-19H2,1-3H3,(H,38,44)(H,40,48)(H,41,45)(H,42,47)/b11-7-/t21-,22-,26+,28+,36-/m1/s1. The van der Waals surface area contributed by atoms with Gasteiger partial charge >= 0.3 is 6.09 Å². The molecule has 4 aliphatic rings. The first-order valence-corrected chi connectivity index (χ1v) is 20.7. The number of benzene rings is 1. The van der Waals surface area contributed by atoms with Gasteiger partial charge in [0.1, 0.15) is 33.9 Å². The number of carbonyl (C=O) groups excluding carboxylic acids is 5. The average Bonchev–Trinajstić information content (AvgIpc) is 3.96. The predicted octanol–water partition coefficient (Wildman–Crippen LogP) is 4.06. The van der Waals surface area contributed by atoms with Crippen molar-refractivity contribution in [3.8, 4) is 10.6 Å². The lowest BCUT2D eigenvalue weighted by Crippen LogP contribution is -2.58. The molecule has 2 aliphatic heterocycles. The molecule has 1 saturated heterocycles. The molecule has 3 fully saturated rings. The summed E-state index contributed by atoms with van der Waals surface area (Å²) in [6.07, 6.45) is 7.12. The highest BCUT2D eigenvalue weighted by atomic mass is 35.5. The summed E-state index contributed by atoms with van der Waals surface area (Å²) in [7, 11) is -3.91. The number of rotatable bonds is 7. The molecule has 2 saturated carbocycles. The normalized spacial score (nSPS) is 27.2. The van der Waals surface area contributed by atoms with Crippen molar-refractivity contribution in [3.05, 3.63) is 52.5 Å². The first kappa shape index (κ1) is 38.7. The van der Waals surface area contributed by atoms with Crippen LogP contribution in [0.2, 0.25) is 5.02 Å². The van der Waals surface area contributed by atoms with Gasteiger partial charge in [-0.2, -0.15) is 0 Å². The van der Waals surface area contributed by atoms with Crippen LogP contribution < -0.4 is 20.7 Å². The molecular formula is C36H45ClN6O8S2. The highest BCUT2D eigenvalue weighted by Gasteiger charge is 2.62. The van der Waals surface area contributed by atoms with Crippen LogP contribution in [0, 0.1) is 5.92 Å². The van der Waals surface area contributed by atoms with Crippen LogP contribution in [0.15, 0.2) is 41.8 Å². The lowest BCUT2D eigenvalue weighted by molar-refractivity contribution is -0.141. The third-order valence-electron chi connectivity index (χ3n) is 9.75. The van der Waals surface area contributed by atoms with E-state index < -0.39 is 80.2 Å². The molecule has 0 unspecified atom stereocenters. The molecule has 14 nitrogen and oxygen atoms in total. The van der Waals surface area contributed by atoms with E-state index in [2.05, 4.69) is 25.7 Å². The average molecular weight is 789 g/mol. The number of thiazole rings is 1. The quantitative estimate of drug-likeness (QED) is 0.300. The van der Waals surface area contributed by atoms with Crippen LogP contribution in [0.1, 0.15) is 89.0 Å². The number of sulfonamides is 1. The second-order valence-corrected chi connectivity index (χ2v) is 18.4. The molecule has 0 bridgehead atoms. The van der Waals surface area contributed by atoms with Crippen LogP contribution in [0.5, 0.6) is 0 Å². The van der Waals surface area contributed by atoms with Crippen molar-refractivity contribution in [2.75, 3.05) is 6.54 Å². The summed E-state index contributed by atoms with van der Waals surface area (Å²) in [4.78, 5) is 74.4. The summed E-state index contributed by atoms with van der Waals surface area (Å²) >= 11 is 7.59. The molecule has 17 heteroatoms. The Kier molecular flexibility index (Phi) is 11.2. The maximum absolute atomic E-state index is 14.3. The number of hydrogen-bond acceptors (Lipinski definition) is 10. The molecule has 53 heavy (non-hydrogen) atoms. The molecule has 1 aromatic heterocycles. The molecule has 286 valence electrons. The van der Waals surface area contributed by atoms with E-state index in [1.807, 2.05) is 18.2 Å².